The van der Waals surface area contributed by atoms with Crippen LogP contribution in [0.2, 0.25) is 0 Å². The van der Waals surface area contributed by atoms with E-state index in [2.05, 4.69) is 0 Å². The molecule has 0 aliphatic carbocycles. The lowest BCUT2D eigenvalue weighted by Crippen LogP contribution is -2.51. The third-order valence-electron chi connectivity index (χ3n) is 11.2. The molecule has 2 fully saturated rings. The number of nitrogens with zero attached hydrogens (tertiary/aromatic N) is 9. The Balaban J connectivity index is 2.26. The van der Waals surface area contributed by atoms with E-state index in [0.29, 0.717) is 26.3 Å². The van der Waals surface area contributed by atoms with Gasteiger partial charge in [-0.05, 0) is 0 Å². The van der Waals surface area contributed by atoms with Crippen molar-refractivity contribution < 1.29 is 88.9 Å². The van der Waals surface area contributed by atoms with Crippen LogP contribution in [0.15, 0.2) is 0 Å². The van der Waals surface area contributed by atoms with Crippen LogP contribution < -0.4 is 0 Å². The molecule has 9 N–H and O–H groups in total. The van der Waals surface area contributed by atoms with Crippen molar-refractivity contribution in [2.45, 2.75) is 12.2 Å². The maximum atomic E-state index is 12.2. The summed E-state index contributed by atoms with van der Waals surface area (Å²) in [5.41, 5.74) is 0. The maximum Gasteiger partial charge on any atom is 0.407 e. The number of carbonyl (C=O) groups is 6. The zero-order chi connectivity index (χ0) is 50.3. The van der Waals surface area contributed by atoms with Crippen molar-refractivity contribution in [2.24, 2.45) is 0 Å². The van der Waals surface area contributed by atoms with Crippen LogP contribution in [-0.2, 0) is 38.2 Å². The van der Waals surface area contributed by atoms with Gasteiger partial charge in [0, 0.05) is 137 Å². The number of carboxylic acids is 5. The average molecular weight is 984 g/mol. The molecule has 1 amide bonds. The highest BCUT2D eigenvalue weighted by Crippen LogP contribution is 2.07. The molecule has 0 radical (unpaired) electrons. The van der Waals surface area contributed by atoms with Crippen molar-refractivity contribution in [3.63, 3.8) is 0 Å². The summed E-state index contributed by atoms with van der Waals surface area (Å²) in [6.07, 6.45) is -3.28. The van der Waals surface area contributed by atoms with Crippen LogP contribution in [0.25, 0.3) is 0 Å². The minimum absolute atomic E-state index is 0.00370. The van der Waals surface area contributed by atoms with Gasteiger partial charge in [0.15, 0.2) is 0 Å². The first-order valence-electron chi connectivity index (χ1n) is 23.0. The number of carboxylic acid groups (broad SMARTS) is 6. The molecule has 2 aliphatic rings. The highest BCUT2D eigenvalue weighted by atomic mass is 16.5. The van der Waals surface area contributed by atoms with Crippen LogP contribution in [0.3, 0.4) is 0 Å². The van der Waals surface area contributed by atoms with Gasteiger partial charge < -0.3 is 65.1 Å². The quantitative estimate of drug-likeness (QED) is 0.0316. The van der Waals surface area contributed by atoms with Crippen LogP contribution in [0.1, 0.15) is 0 Å². The van der Waals surface area contributed by atoms with E-state index in [1.54, 1.807) is 24.5 Å². The smallest absolute Gasteiger partial charge is 0.407 e. The highest BCUT2D eigenvalue weighted by Gasteiger charge is 2.26. The number of β-amino-alcohol motifs (C(OH)–C–C–N with tert-alkyl or cyclic N) is 2. The summed E-state index contributed by atoms with van der Waals surface area (Å²) in [7, 11) is 0. The normalized spacial score (nSPS) is 19.3. The number of aliphatic carboxylic acids is 5. The van der Waals surface area contributed by atoms with Crippen molar-refractivity contribution in [3.8, 4) is 0 Å². The van der Waals surface area contributed by atoms with Crippen LogP contribution >= 0.6 is 0 Å². The first-order chi connectivity index (χ1) is 32.4. The van der Waals surface area contributed by atoms with Gasteiger partial charge in [0.25, 0.3) is 0 Å². The fraction of sp³-hybridized carbons (Fsp3) is 0.854. The van der Waals surface area contributed by atoms with Gasteiger partial charge in [0.05, 0.1) is 91.2 Å². The highest BCUT2D eigenvalue weighted by molar-refractivity contribution is 5.70. The van der Waals surface area contributed by atoms with E-state index < -0.39 is 48.1 Å². The predicted molar refractivity (Wildman–Crippen MR) is 241 cm³/mol. The monoisotopic (exact) mass is 984 g/mol. The van der Waals surface area contributed by atoms with Crippen LogP contribution in [-0.4, -0.2) is 355 Å². The predicted octanol–water partition coefficient (Wildman–Crippen LogP) is -5.40. The molecule has 68 heavy (non-hydrogen) atoms. The van der Waals surface area contributed by atoms with Crippen molar-refractivity contribution in [2.75, 3.05) is 216 Å². The molecule has 2 heterocycles. The minimum Gasteiger partial charge on any atom is -0.480 e. The van der Waals surface area contributed by atoms with Gasteiger partial charge in [-0.2, -0.15) is 0 Å². The number of rotatable bonds is 29. The van der Waals surface area contributed by atoms with E-state index in [0.717, 1.165) is 0 Å². The number of ether oxygens (including phenoxy) is 3. The molecule has 2 unspecified atom stereocenters. The molecular formula is C41H77N9O18. The lowest BCUT2D eigenvalue weighted by atomic mass is 10.2. The Hall–Kier alpha value is -3.94. The molecule has 2 atom stereocenters. The standard InChI is InChI=1S/C41H77N9O18/c51-18-20-67-22-24-68-23-21-66-19-17-49(28-35(53)26-43-3-6-46(31-38(58)59)11-12-48(33-40(62)63)14-16-50(15-13-43)41(64)65)27-34(52)25-42-1-4-44(29-36(54)55)7-9-47(32-39(60)61)10-8-45(5-2-42)30-37(56)57/h34-35,51-53H,1-33H2,(H,54,55)(H,56,57)(H,58,59)(H,60,61)(H,62,63)(H,64,65). The molecule has 27 nitrogen and oxygen atoms in total. The first-order valence-corrected chi connectivity index (χ1v) is 23.0. The Morgan fingerprint density at radius 3 is 0.956 bits per heavy atom. The largest absolute Gasteiger partial charge is 0.480 e. The maximum absolute atomic E-state index is 12.2. The summed E-state index contributed by atoms with van der Waals surface area (Å²) in [4.78, 5) is 85.6. The molecule has 2 aliphatic heterocycles. The summed E-state index contributed by atoms with van der Waals surface area (Å²) in [6, 6.07) is 0. The minimum atomic E-state index is -1.20. The van der Waals surface area contributed by atoms with Crippen LogP contribution in [0.5, 0.6) is 0 Å². The van der Waals surface area contributed by atoms with Gasteiger partial charge in [-0.15, -0.1) is 0 Å². The van der Waals surface area contributed by atoms with E-state index in [-0.39, 0.29) is 190 Å². The third kappa shape index (κ3) is 29.8. The molecule has 0 spiro atoms. The molecule has 0 aromatic rings. The van der Waals surface area contributed by atoms with Crippen molar-refractivity contribution in [3.05, 3.63) is 0 Å². The van der Waals surface area contributed by atoms with E-state index in [1.165, 1.54) is 4.90 Å². The Morgan fingerprint density at radius 1 is 0.397 bits per heavy atom. The Kier molecular flexibility index (Phi) is 31.2. The van der Waals surface area contributed by atoms with Gasteiger partial charge in [-0.1, -0.05) is 0 Å². The van der Waals surface area contributed by atoms with Gasteiger partial charge >= 0.3 is 35.9 Å². The van der Waals surface area contributed by atoms with Gasteiger partial charge in [-0.25, -0.2) is 4.79 Å². The fourth-order valence-corrected chi connectivity index (χ4v) is 7.78. The molecule has 2 rings (SSSR count). The van der Waals surface area contributed by atoms with E-state index in [9.17, 15) is 69.6 Å². The molecule has 394 valence electrons. The molecule has 0 aromatic heterocycles. The first kappa shape index (κ1) is 60.2. The summed E-state index contributed by atoms with van der Waals surface area (Å²) in [6.45, 7) is 3.49. The second-order valence-electron chi connectivity index (χ2n) is 16.8. The summed E-state index contributed by atoms with van der Waals surface area (Å²) in [5, 5.41) is 89.8. The second-order valence-corrected chi connectivity index (χ2v) is 16.8. The zero-order valence-corrected chi connectivity index (χ0v) is 39.2. The zero-order valence-electron chi connectivity index (χ0n) is 39.2. The number of hydrogen-bond acceptors (Lipinski definition) is 20. The van der Waals surface area contributed by atoms with Crippen molar-refractivity contribution in [1.29, 1.82) is 0 Å². The Morgan fingerprint density at radius 2 is 0.662 bits per heavy atom. The summed E-state index contributed by atoms with van der Waals surface area (Å²) >= 11 is 0. The Bertz CT molecular complexity index is 1440. The average Bonchev–Trinajstić information content (AvgIpc) is 3.24. The number of hydrogen-bond donors (Lipinski definition) is 9. The lowest BCUT2D eigenvalue weighted by Gasteiger charge is -2.35. The van der Waals surface area contributed by atoms with Crippen molar-refractivity contribution >= 4 is 35.9 Å². The topological polar surface area (TPSA) is 341 Å². The fourth-order valence-electron chi connectivity index (χ4n) is 7.78. The van der Waals surface area contributed by atoms with E-state index in [4.69, 9.17) is 19.3 Å². The summed E-state index contributed by atoms with van der Waals surface area (Å²) < 4.78 is 16.5. The molecule has 0 aromatic carbocycles. The number of amides is 1. The van der Waals surface area contributed by atoms with Gasteiger partial charge in [0.1, 0.15) is 0 Å². The van der Waals surface area contributed by atoms with Gasteiger partial charge in [0.2, 0.25) is 0 Å². The van der Waals surface area contributed by atoms with Crippen LogP contribution in [0, 0.1) is 0 Å². The third-order valence-corrected chi connectivity index (χ3v) is 11.2. The molecule has 0 bridgehead atoms. The van der Waals surface area contributed by atoms with Gasteiger partial charge in [-0.3, -0.25) is 63.2 Å². The Labute approximate surface area is 397 Å². The second kappa shape index (κ2) is 35.2. The summed E-state index contributed by atoms with van der Waals surface area (Å²) in [5.74, 6) is -5.37. The SMILES string of the molecule is O=C(O)CN1CCN(CC(=O)O)CCN(CC(O)CN(CCOCCOCCOCCO)CC(O)CN2CCN(CC(=O)O)CCN(CC(=O)O)CCN(C(=O)O)CC2)CCN(CC(=O)O)CC1. The van der Waals surface area contributed by atoms with Crippen molar-refractivity contribution in [1.82, 2.24) is 44.1 Å². The van der Waals surface area contributed by atoms with Crippen LogP contribution in [0.4, 0.5) is 4.79 Å². The van der Waals surface area contributed by atoms with E-state index in [1.807, 2.05) is 14.7 Å². The molecular weight excluding hydrogens is 906 g/mol. The number of aliphatic hydroxyl groups excluding tert-OH is 3. The molecule has 0 saturated carbocycles. The molecule has 27 heteroatoms. The lowest BCUT2D eigenvalue weighted by molar-refractivity contribution is -0.140. The number of aliphatic hydroxyl groups is 3. The molecule has 2 saturated heterocycles. The van der Waals surface area contributed by atoms with E-state index >= 15 is 0 Å².